The molecule has 1 atom stereocenters. The number of alkyl halides is 1. The molecule has 17 heavy (non-hydrogen) atoms. The number of amides is 1. The van der Waals surface area contributed by atoms with E-state index in [1.807, 2.05) is 39.8 Å². The maximum absolute atomic E-state index is 12.0. The fraction of sp³-hybridized carbons (Fsp3) is 0.500. The van der Waals surface area contributed by atoms with Crippen molar-refractivity contribution in [1.82, 2.24) is 5.32 Å². The molecule has 1 aromatic rings. The normalized spacial score (nSPS) is 12.3. The Morgan fingerprint density at radius 3 is 2.29 bits per heavy atom. The summed E-state index contributed by atoms with van der Waals surface area (Å²) < 4.78 is 0. The number of hydrogen-bond acceptors (Lipinski definition) is 1. The predicted molar refractivity (Wildman–Crippen MR) is 72.9 cm³/mol. The Balaban J connectivity index is 2.76. The molecule has 0 saturated carbocycles. The summed E-state index contributed by atoms with van der Waals surface area (Å²) in [5.41, 5.74) is 4.03. The third-order valence-electron chi connectivity index (χ3n) is 2.73. The van der Waals surface area contributed by atoms with E-state index < -0.39 is 0 Å². The summed E-state index contributed by atoms with van der Waals surface area (Å²) in [6, 6.07) is 4.07. The van der Waals surface area contributed by atoms with Crippen molar-refractivity contribution in [2.24, 2.45) is 0 Å². The molecule has 1 N–H and O–H groups in total. The SMILES string of the molecule is Cc1cc(C)c(C(=O)NCCC(C)Cl)c(C)c1. The average Bonchev–Trinajstić information content (AvgIpc) is 2.14. The minimum absolute atomic E-state index is 0.00248. The van der Waals surface area contributed by atoms with Crippen molar-refractivity contribution in [2.75, 3.05) is 6.54 Å². The van der Waals surface area contributed by atoms with Gasteiger partial charge in [-0.3, -0.25) is 4.79 Å². The number of aryl methyl sites for hydroxylation is 3. The lowest BCUT2D eigenvalue weighted by Gasteiger charge is -2.12. The van der Waals surface area contributed by atoms with Crippen LogP contribution in [-0.4, -0.2) is 17.8 Å². The second-order valence-electron chi connectivity index (χ2n) is 4.60. The first-order chi connectivity index (χ1) is 7.91. The smallest absolute Gasteiger partial charge is 0.251 e. The third-order valence-corrected chi connectivity index (χ3v) is 2.95. The molecule has 1 unspecified atom stereocenters. The fourth-order valence-electron chi connectivity index (χ4n) is 2.01. The van der Waals surface area contributed by atoms with Crippen LogP contribution < -0.4 is 5.32 Å². The zero-order valence-corrected chi connectivity index (χ0v) is 11.7. The first kappa shape index (κ1) is 14.0. The van der Waals surface area contributed by atoms with Crippen LogP contribution in [0.1, 0.15) is 40.4 Å². The minimum atomic E-state index is -0.00248. The van der Waals surface area contributed by atoms with Gasteiger partial charge >= 0.3 is 0 Å². The Bertz CT molecular complexity index is 390. The molecule has 1 rings (SSSR count). The third kappa shape index (κ3) is 4.04. The molecule has 0 aromatic heterocycles. The molecule has 0 radical (unpaired) electrons. The topological polar surface area (TPSA) is 29.1 Å². The van der Waals surface area contributed by atoms with Gasteiger partial charge in [-0.25, -0.2) is 0 Å². The number of hydrogen-bond donors (Lipinski definition) is 1. The zero-order chi connectivity index (χ0) is 13.0. The van der Waals surface area contributed by atoms with Gasteiger partial charge < -0.3 is 5.32 Å². The second-order valence-corrected chi connectivity index (χ2v) is 5.34. The molecular formula is C14H20ClNO. The van der Waals surface area contributed by atoms with Gasteiger partial charge in [0.2, 0.25) is 0 Å². The molecule has 0 aliphatic carbocycles. The summed E-state index contributed by atoms with van der Waals surface area (Å²) in [4.78, 5) is 12.0. The van der Waals surface area contributed by atoms with Gasteiger partial charge in [0.15, 0.2) is 0 Å². The first-order valence-corrected chi connectivity index (χ1v) is 6.35. The average molecular weight is 254 g/mol. The second kappa shape index (κ2) is 6.06. The van der Waals surface area contributed by atoms with E-state index in [-0.39, 0.29) is 11.3 Å². The lowest BCUT2D eigenvalue weighted by molar-refractivity contribution is 0.0952. The van der Waals surface area contributed by atoms with E-state index in [0.29, 0.717) is 6.54 Å². The maximum Gasteiger partial charge on any atom is 0.251 e. The van der Waals surface area contributed by atoms with Crippen LogP contribution in [0.25, 0.3) is 0 Å². The van der Waals surface area contributed by atoms with Crippen molar-refractivity contribution in [3.8, 4) is 0 Å². The first-order valence-electron chi connectivity index (χ1n) is 5.92. The van der Waals surface area contributed by atoms with Crippen LogP contribution in [0.3, 0.4) is 0 Å². The van der Waals surface area contributed by atoms with Crippen molar-refractivity contribution >= 4 is 17.5 Å². The van der Waals surface area contributed by atoms with Crippen LogP contribution >= 0.6 is 11.6 Å². The van der Waals surface area contributed by atoms with Crippen molar-refractivity contribution < 1.29 is 4.79 Å². The summed E-state index contributed by atoms with van der Waals surface area (Å²) in [6.07, 6.45) is 0.789. The van der Waals surface area contributed by atoms with E-state index in [1.54, 1.807) is 0 Å². The van der Waals surface area contributed by atoms with Crippen LogP contribution in [-0.2, 0) is 0 Å². The summed E-state index contributed by atoms with van der Waals surface area (Å²) >= 11 is 5.84. The number of carbonyl (C=O) groups is 1. The Morgan fingerprint density at radius 1 is 1.29 bits per heavy atom. The molecule has 3 heteroatoms. The largest absolute Gasteiger partial charge is 0.352 e. The number of benzene rings is 1. The molecule has 0 aliphatic rings. The molecule has 1 amide bonds. The Morgan fingerprint density at radius 2 is 1.82 bits per heavy atom. The van der Waals surface area contributed by atoms with Crippen molar-refractivity contribution in [2.45, 2.75) is 39.5 Å². The minimum Gasteiger partial charge on any atom is -0.352 e. The molecule has 1 aromatic carbocycles. The highest BCUT2D eigenvalue weighted by molar-refractivity contribution is 6.20. The molecule has 2 nitrogen and oxygen atoms in total. The Labute approximate surface area is 108 Å². The van der Waals surface area contributed by atoms with Crippen molar-refractivity contribution in [1.29, 1.82) is 0 Å². The molecule has 94 valence electrons. The molecule has 0 heterocycles. The molecule has 0 spiro atoms. The van der Waals surface area contributed by atoms with Gasteiger partial charge in [-0.1, -0.05) is 17.7 Å². The molecular weight excluding hydrogens is 234 g/mol. The van der Waals surface area contributed by atoms with Gasteiger partial charge in [0.05, 0.1) is 0 Å². The van der Waals surface area contributed by atoms with Gasteiger partial charge in [-0.15, -0.1) is 11.6 Å². The van der Waals surface area contributed by atoms with E-state index in [2.05, 4.69) is 5.32 Å². The van der Waals surface area contributed by atoms with Crippen LogP contribution in [0.2, 0.25) is 0 Å². The van der Waals surface area contributed by atoms with Gasteiger partial charge in [-0.05, 0) is 45.2 Å². The Hall–Kier alpha value is -1.02. The summed E-state index contributed by atoms with van der Waals surface area (Å²) in [6.45, 7) is 8.53. The number of nitrogens with one attached hydrogen (secondary N) is 1. The van der Waals surface area contributed by atoms with E-state index in [0.717, 1.165) is 23.1 Å². The maximum atomic E-state index is 12.0. The number of halogens is 1. The van der Waals surface area contributed by atoms with E-state index >= 15 is 0 Å². The molecule has 0 aliphatic heterocycles. The number of carbonyl (C=O) groups excluding carboxylic acids is 1. The van der Waals surface area contributed by atoms with Crippen LogP contribution in [0.15, 0.2) is 12.1 Å². The summed E-state index contributed by atoms with van der Waals surface area (Å²) in [5, 5.41) is 3.00. The number of rotatable bonds is 4. The Kier molecular flexibility index (Phi) is 5.01. The highest BCUT2D eigenvalue weighted by Crippen LogP contribution is 2.16. The van der Waals surface area contributed by atoms with Crippen LogP contribution in [0.5, 0.6) is 0 Å². The molecule has 0 fully saturated rings. The van der Waals surface area contributed by atoms with Crippen LogP contribution in [0.4, 0.5) is 0 Å². The van der Waals surface area contributed by atoms with Gasteiger partial charge in [0.1, 0.15) is 0 Å². The van der Waals surface area contributed by atoms with Gasteiger partial charge in [0.25, 0.3) is 5.91 Å². The quantitative estimate of drug-likeness (QED) is 0.820. The van der Waals surface area contributed by atoms with Gasteiger partial charge in [-0.2, -0.15) is 0 Å². The molecule has 0 saturated heterocycles. The lowest BCUT2D eigenvalue weighted by Crippen LogP contribution is -2.27. The van der Waals surface area contributed by atoms with Crippen molar-refractivity contribution in [3.05, 3.63) is 34.4 Å². The predicted octanol–water partition coefficient (Wildman–Crippen LogP) is 3.36. The highest BCUT2D eigenvalue weighted by Gasteiger charge is 2.12. The van der Waals surface area contributed by atoms with E-state index in [4.69, 9.17) is 11.6 Å². The molecule has 0 bridgehead atoms. The zero-order valence-electron chi connectivity index (χ0n) is 10.9. The van der Waals surface area contributed by atoms with Gasteiger partial charge in [0, 0.05) is 17.5 Å². The fourth-order valence-corrected chi connectivity index (χ4v) is 2.12. The monoisotopic (exact) mass is 253 g/mol. The van der Waals surface area contributed by atoms with E-state index in [1.165, 1.54) is 5.56 Å². The highest BCUT2D eigenvalue weighted by atomic mass is 35.5. The standard InChI is InChI=1S/C14H20ClNO/c1-9-7-10(2)13(11(3)8-9)14(17)16-6-5-12(4)15/h7-8,12H,5-6H2,1-4H3,(H,16,17). The lowest BCUT2D eigenvalue weighted by atomic mass is 9.99. The summed E-state index contributed by atoms with van der Waals surface area (Å²) in [5.74, 6) is -0.00248. The summed E-state index contributed by atoms with van der Waals surface area (Å²) in [7, 11) is 0. The van der Waals surface area contributed by atoms with E-state index in [9.17, 15) is 4.79 Å². The van der Waals surface area contributed by atoms with Crippen molar-refractivity contribution in [3.63, 3.8) is 0 Å². The van der Waals surface area contributed by atoms with Crippen LogP contribution in [0, 0.1) is 20.8 Å².